The second-order valence-corrected chi connectivity index (χ2v) is 21.6. The second kappa shape index (κ2) is 52.8. The lowest BCUT2D eigenvalue weighted by atomic mass is 10.0. The van der Waals surface area contributed by atoms with E-state index in [0.717, 1.165) is 69.6 Å². The highest BCUT2D eigenvalue weighted by atomic mass is 16.6. The van der Waals surface area contributed by atoms with Gasteiger partial charge in [0, 0.05) is 19.3 Å². The average molecular weight is 934 g/mol. The van der Waals surface area contributed by atoms with Crippen LogP contribution in [-0.2, 0) is 28.6 Å². The number of rotatable bonds is 54. The molecule has 0 aromatic heterocycles. The van der Waals surface area contributed by atoms with Gasteiger partial charge in [0.05, 0.1) is 0 Å². The zero-order chi connectivity index (χ0) is 48.2. The first-order valence-electron chi connectivity index (χ1n) is 29.7. The van der Waals surface area contributed by atoms with Gasteiger partial charge in [-0.2, -0.15) is 0 Å². The van der Waals surface area contributed by atoms with Crippen molar-refractivity contribution in [3.05, 3.63) is 0 Å². The Bertz CT molecular complexity index is 1010. The highest BCUT2D eigenvalue weighted by molar-refractivity contribution is 5.71. The summed E-state index contributed by atoms with van der Waals surface area (Å²) in [5, 5.41) is 0. The van der Waals surface area contributed by atoms with E-state index in [4.69, 9.17) is 14.2 Å². The Morgan fingerprint density at radius 2 is 0.500 bits per heavy atom. The standard InChI is InChI=1S/C60H116O6/c1-6-7-8-9-10-11-23-30-35-40-45-50-58(61)64-53-57(54-65-59(62)51-46-41-36-31-26-21-18-14-16-20-25-29-34-39-44-49-56(4)5)66-60(63)52-47-42-37-32-27-22-17-13-12-15-19-24-28-33-38-43-48-55(2)3/h55-57H,6-54H2,1-5H3/t57-/m0/s1. The van der Waals surface area contributed by atoms with Crippen LogP contribution < -0.4 is 0 Å². The summed E-state index contributed by atoms with van der Waals surface area (Å²) in [6, 6.07) is 0. The Labute approximate surface area is 412 Å². The van der Waals surface area contributed by atoms with E-state index in [1.807, 2.05) is 0 Å². The van der Waals surface area contributed by atoms with Crippen LogP contribution in [0.5, 0.6) is 0 Å². The van der Waals surface area contributed by atoms with Crippen LogP contribution in [-0.4, -0.2) is 37.2 Å². The van der Waals surface area contributed by atoms with Crippen molar-refractivity contribution >= 4 is 17.9 Å². The molecule has 0 N–H and O–H groups in total. The Morgan fingerprint density at radius 3 is 0.742 bits per heavy atom. The van der Waals surface area contributed by atoms with Crippen molar-refractivity contribution < 1.29 is 28.6 Å². The van der Waals surface area contributed by atoms with Gasteiger partial charge in [-0.15, -0.1) is 0 Å². The third-order valence-corrected chi connectivity index (χ3v) is 13.7. The molecule has 0 rings (SSSR count). The van der Waals surface area contributed by atoms with E-state index in [9.17, 15) is 14.4 Å². The van der Waals surface area contributed by atoms with Crippen molar-refractivity contribution in [2.24, 2.45) is 11.8 Å². The van der Waals surface area contributed by atoms with Gasteiger partial charge in [-0.05, 0) is 31.1 Å². The number of ether oxygens (including phenoxy) is 3. The van der Waals surface area contributed by atoms with Crippen LogP contribution in [0.1, 0.15) is 336 Å². The molecule has 0 bridgehead atoms. The molecule has 0 aliphatic rings. The van der Waals surface area contributed by atoms with E-state index in [1.165, 1.54) is 225 Å². The molecule has 6 nitrogen and oxygen atoms in total. The molecule has 0 amide bonds. The zero-order valence-corrected chi connectivity index (χ0v) is 45.3. The van der Waals surface area contributed by atoms with Gasteiger partial charge in [-0.25, -0.2) is 0 Å². The van der Waals surface area contributed by atoms with Crippen molar-refractivity contribution in [3.8, 4) is 0 Å². The lowest BCUT2D eigenvalue weighted by Crippen LogP contribution is -2.30. The Kier molecular flexibility index (Phi) is 51.5. The fourth-order valence-corrected chi connectivity index (χ4v) is 9.23. The van der Waals surface area contributed by atoms with E-state index in [-0.39, 0.29) is 31.1 Å². The summed E-state index contributed by atoms with van der Waals surface area (Å²) in [4.78, 5) is 38.1. The van der Waals surface area contributed by atoms with Crippen molar-refractivity contribution in [2.75, 3.05) is 13.2 Å². The van der Waals surface area contributed by atoms with Crippen molar-refractivity contribution in [1.29, 1.82) is 0 Å². The molecule has 0 saturated heterocycles. The first kappa shape index (κ1) is 64.4. The molecule has 0 aromatic carbocycles. The fraction of sp³-hybridized carbons (Fsp3) is 0.950. The van der Waals surface area contributed by atoms with E-state index >= 15 is 0 Å². The van der Waals surface area contributed by atoms with Crippen LogP contribution in [0, 0.1) is 11.8 Å². The maximum Gasteiger partial charge on any atom is 0.306 e. The molecule has 392 valence electrons. The number of carbonyl (C=O) groups excluding carboxylic acids is 3. The van der Waals surface area contributed by atoms with Crippen LogP contribution in [0.3, 0.4) is 0 Å². The average Bonchev–Trinajstić information content (AvgIpc) is 3.29. The second-order valence-electron chi connectivity index (χ2n) is 21.6. The van der Waals surface area contributed by atoms with Gasteiger partial charge in [-0.3, -0.25) is 14.4 Å². The summed E-state index contributed by atoms with van der Waals surface area (Å²) in [5.41, 5.74) is 0. The van der Waals surface area contributed by atoms with Gasteiger partial charge >= 0.3 is 17.9 Å². The van der Waals surface area contributed by atoms with E-state index < -0.39 is 6.10 Å². The lowest BCUT2D eigenvalue weighted by Gasteiger charge is -2.18. The summed E-state index contributed by atoms with van der Waals surface area (Å²) in [6.07, 6.45) is 56.7. The van der Waals surface area contributed by atoms with E-state index in [1.54, 1.807) is 0 Å². The monoisotopic (exact) mass is 933 g/mol. The number of hydrogen-bond acceptors (Lipinski definition) is 6. The largest absolute Gasteiger partial charge is 0.462 e. The number of unbranched alkanes of at least 4 members (excludes halogenated alkanes) is 39. The molecule has 0 heterocycles. The quantitative estimate of drug-likeness (QED) is 0.0343. The first-order valence-corrected chi connectivity index (χ1v) is 29.7. The van der Waals surface area contributed by atoms with Crippen LogP contribution in [0.25, 0.3) is 0 Å². The molecule has 0 saturated carbocycles. The van der Waals surface area contributed by atoms with E-state index in [2.05, 4.69) is 34.6 Å². The lowest BCUT2D eigenvalue weighted by molar-refractivity contribution is -0.167. The summed E-state index contributed by atoms with van der Waals surface area (Å²) in [6.45, 7) is 11.4. The zero-order valence-electron chi connectivity index (χ0n) is 45.3. The molecule has 0 spiro atoms. The van der Waals surface area contributed by atoms with Crippen molar-refractivity contribution in [3.63, 3.8) is 0 Å². The van der Waals surface area contributed by atoms with Gasteiger partial charge in [0.1, 0.15) is 13.2 Å². The molecular weight excluding hydrogens is 817 g/mol. The highest BCUT2D eigenvalue weighted by Crippen LogP contribution is 2.18. The minimum atomic E-state index is -0.762. The summed E-state index contributed by atoms with van der Waals surface area (Å²) in [5.74, 6) is 0.864. The predicted octanol–water partition coefficient (Wildman–Crippen LogP) is 19.7. The molecule has 0 aliphatic carbocycles. The maximum absolute atomic E-state index is 12.9. The van der Waals surface area contributed by atoms with Crippen LogP contribution in [0.2, 0.25) is 0 Å². The molecule has 6 heteroatoms. The van der Waals surface area contributed by atoms with E-state index in [0.29, 0.717) is 19.3 Å². The van der Waals surface area contributed by atoms with Crippen LogP contribution in [0.4, 0.5) is 0 Å². The first-order chi connectivity index (χ1) is 32.2. The fourth-order valence-electron chi connectivity index (χ4n) is 9.23. The molecule has 0 fully saturated rings. The summed E-state index contributed by atoms with van der Waals surface area (Å²) >= 11 is 0. The third kappa shape index (κ3) is 53.4. The number of esters is 3. The number of hydrogen-bond donors (Lipinski definition) is 0. The molecule has 66 heavy (non-hydrogen) atoms. The maximum atomic E-state index is 12.9. The molecule has 0 unspecified atom stereocenters. The van der Waals surface area contributed by atoms with Gasteiger partial charge in [0.25, 0.3) is 0 Å². The topological polar surface area (TPSA) is 78.9 Å². The minimum absolute atomic E-state index is 0.0623. The minimum Gasteiger partial charge on any atom is -0.462 e. The normalized spacial score (nSPS) is 12.0. The Hall–Kier alpha value is -1.59. The number of carbonyl (C=O) groups is 3. The van der Waals surface area contributed by atoms with Gasteiger partial charge in [0.2, 0.25) is 0 Å². The smallest absolute Gasteiger partial charge is 0.306 e. The molecule has 0 radical (unpaired) electrons. The molecular formula is C60H116O6. The Balaban J connectivity index is 4.25. The molecule has 1 atom stereocenters. The summed E-state index contributed by atoms with van der Waals surface area (Å²) in [7, 11) is 0. The van der Waals surface area contributed by atoms with Crippen LogP contribution >= 0.6 is 0 Å². The van der Waals surface area contributed by atoms with Crippen molar-refractivity contribution in [2.45, 2.75) is 343 Å². The van der Waals surface area contributed by atoms with Crippen LogP contribution in [0.15, 0.2) is 0 Å². The highest BCUT2D eigenvalue weighted by Gasteiger charge is 2.19. The summed E-state index contributed by atoms with van der Waals surface area (Å²) < 4.78 is 16.9. The predicted molar refractivity (Wildman–Crippen MR) is 284 cm³/mol. The van der Waals surface area contributed by atoms with Gasteiger partial charge < -0.3 is 14.2 Å². The van der Waals surface area contributed by atoms with Gasteiger partial charge in [0.15, 0.2) is 6.10 Å². The van der Waals surface area contributed by atoms with Crippen molar-refractivity contribution in [1.82, 2.24) is 0 Å². The molecule has 0 aliphatic heterocycles. The van der Waals surface area contributed by atoms with Gasteiger partial charge in [-0.1, -0.05) is 298 Å². The third-order valence-electron chi connectivity index (χ3n) is 13.7. The molecule has 0 aromatic rings. The SMILES string of the molecule is CCCCCCCCCCCCCC(=O)OC[C@@H](COC(=O)CCCCCCCCCCCCCCCCCC(C)C)OC(=O)CCCCCCCCCCCCCCCCCCC(C)C. The Morgan fingerprint density at radius 1 is 0.288 bits per heavy atom.